The van der Waals surface area contributed by atoms with Gasteiger partial charge in [-0.05, 0) is 40.0 Å². The van der Waals surface area contributed by atoms with E-state index in [2.05, 4.69) is 5.32 Å². The Morgan fingerprint density at radius 3 is 2.26 bits per heavy atom. The van der Waals surface area contributed by atoms with E-state index >= 15 is 0 Å². The molecule has 19 heavy (non-hydrogen) atoms. The average molecular weight is 264 g/mol. The van der Waals surface area contributed by atoms with E-state index in [1.165, 1.54) is 4.90 Å². The highest BCUT2D eigenvalue weighted by molar-refractivity contribution is 5.92. The lowest BCUT2D eigenvalue weighted by Crippen LogP contribution is -2.50. The van der Waals surface area contributed by atoms with Crippen LogP contribution in [0.2, 0.25) is 0 Å². The second kappa shape index (κ2) is 5.84. The number of amides is 1. The number of carbonyl (C=O) groups is 2. The standard InChI is InChI=1S/C14H20N2O3/c1-10-5-7-11(8-6-10)15-12(17)9-16(4)14(2,3)13(18)19/h5-8H,9H2,1-4H3,(H,15,17)(H,18,19). The Kier molecular flexibility index (Phi) is 4.67. The first-order valence-electron chi connectivity index (χ1n) is 6.04. The first-order chi connectivity index (χ1) is 8.73. The molecule has 2 N–H and O–H groups in total. The Balaban J connectivity index is 2.61. The molecule has 1 aromatic rings. The van der Waals surface area contributed by atoms with E-state index in [-0.39, 0.29) is 12.5 Å². The number of benzene rings is 1. The highest BCUT2D eigenvalue weighted by atomic mass is 16.4. The van der Waals surface area contributed by atoms with Crippen molar-refractivity contribution in [3.05, 3.63) is 29.8 Å². The van der Waals surface area contributed by atoms with Gasteiger partial charge in [0, 0.05) is 5.69 Å². The maximum Gasteiger partial charge on any atom is 0.323 e. The van der Waals surface area contributed by atoms with E-state index in [1.807, 2.05) is 31.2 Å². The summed E-state index contributed by atoms with van der Waals surface area (Å²) >= 11 is 0. The van der Waals surface area contributed by atoms with Crippen LogP contribution in [0.1, 0.15) is 19.4 Å². The van der Waals surface area contributed by atoms with Gasteiger partial charge in [-0.3, -0.25) is 14.5 Å². The van der Waals surface area contributed by atoms with Gasteiger partial charge in [0.25, 0.3) is 0 Å². The summed E-state index contributed by atoms with van der Waals surface area (Å²) in [7, 11) is 1.61. The summed E-state index contributed by atoms with van der Waals surface area (Å²) in [5.74, 6) is -1.20. The molecule has 0 heterocycles. The van der Waals surface area contributed by atoms with Gasteiger partial charge in [0.1, 0.15) is 5.54 Å². The summed E-state index contributed by atoms with van der Waals surface area (Å²) in [5, 5.41) is 11.8. The summed E-state index contributed by atoms with van der Waals surface area (Å²) in [4.78, 5) is 24.4. The molecule has 0 aliphatic rings. The third kappa shape index (κ3) is 4.06. The number of aliphatic carboxylic acids is 1. The second-order valence-electron chi connectivity index (χ2n) is 5.13. The molecule has 0 atom stereocenters. The van der Waals surface area contributed by atoms with E-state index in [4.69, 9.17) is 5.11 Å². The van der Waals surface area contributed by atoms with Crippen LogP contribution in [0.5, 0.6) is 0 Å². The lowest BCUT2D eigenvalue weighted by molar-refractivity contribution is -0.148. The smallest absolute Gasteiger partial charge is 0.323 e. The number of rotatable bonds is 5. The van der Waals surface area contributed by atoms with Gasteiger partial charge in [-0.15, -0.1) is 0 Å². The molecule has 5 heteroatoms. The lowest BCUT2D eigenvalue weighted by atomic mass is 10.0. The molecular weight excluding hydrogens is 244 g/mol. The summed E-state index contributed by atoms with van der Waals surface area (Å²) in [6.45, 7) is 5.12. The van der Waals surface area contributed by atoms with Gasteiger partial charge >= 0.3 is 5.97 Å². The Hall–Kier alpha value is -1.88. The summed E-state index contributed by atoms with van der Waals surface area (Å²) in [5.41, 5.74) is 0.740. The van der Waals surface area contributed by atoms with Gasteiger partial charge in [-0.25, -0.2) is 0 Å². The maximum absolute atomic E-state index is 11.8. The molecule has 0 bridgehead atoms. The van der Waals surface area contributed by atoms with Gasteiger partial charge in [-0.1, -0.05) is 17.7 Å². The number of aryl methyl sites for hydroxylation is 1. The molecule has 5 nitrogen and oxygen atoms in total. The molecule has 1 aromatic carbocycles. The number of carbonyl (C=O) groups excluding carboxylic acids is 1. The van der Waals surface area contributed by atoms with Crippen LogP contribution in [0.3, 0.4) is 0 Å². The average Bonchev–Trinajstić information content (AvgIpc) is 2.31. The van der Waals surface area contributed by atoms with Gasteiger partial charge < -0.3 is 10.4 Å². The minimum absolute atomic E-state index is 0.0210. The minimum Gasteiger partial charge on any atom is -0.480 e. The third-order valence-corrected chi connectivity index (χ3v) is 3.19. The van der Waals surface area contributed by atoms with Gasteiger partial charge in [0.05, 0.1) is 6.54 Å². The van der Waals surface area contributed by atoms with Crippen LogP contribution >= 0.6 is 0 Å². The second-order valence-corrected chi connectivity index (χ2v) is 5.13. The molecule has 0 fully saturated rings. The number of anilines is 1. The summed E-state index contributed by atoms with van der Waals surface area (Å²) in [6.07, 6.45) is 0. The topological polar surface area (TPSA) is 69.6 Å². The lowest BCUT2D eigenvalue weighted by Gasteiger charge is -2.30. The number of likely N-dealkylation sites (N-methyl/N-ethyl adjacent to an activating group) is 1. The molecule has 1 amide bonds. The van der Waals surface area contributed by atoms with Crippen molar-refractivity contribution in [3.63, 3.8) is 0 Å². The zero-order valence-electron chi connectivity index (χ0n) is 11.7. The van der Waals surface area contributed by atoms with Crippen molar-refractivity contribution in [3.8, 4) is 0 Å². The van der Waals surface area contributed by atoms with Crippen LogP contribution < -0.4 is 5.32 Å². The van der Waals surface area contributed by atoms with Crippen LogP contribution in [0.4, 0.5) is 5.69 Å². The van der Waals surface area contributed by atoms with E-state index in [0.29, 0.717) is 5.69 Å². The predicted octanol–water partition coefficient (Wildman–Crippen LogP) is 1.73. The monoisotopic (exact) mass is 264 g/mol. The zero-order valence-corrected chi connectivity index (χ0v) is 11.7. The van der Waals surface area contributed by atoms with Crippen molar-refractivity contribution in [1.82, 2.24) is 4.90 Å². The first-order valence-corrected chi connectivity index (χ1v) is 6.04. The minimum atomic E-state index is -1.08. The fourth-order valence-corrected chi connectivity index (χ4v) is 1.41. The van der Waals surface area contributed by atoms with Crippen LogP contribution in [0.15, 0.2) is 24.3 Å². The predicted molar refractivity (Wildman–Crippen MR) is 74.2 cm³/mol. The number of nitrogens with zero attached hydrogens (tertiary/aromatic N) is 1. The third-order valence-electron chi connectivity index (χ3n) is 3.19. The molecule has 0 aromatic heterocycles. The number of hydrogen-bond acceptors (Lipinski definition) is 3. The quantitative estimate of drug-likeness (QED) is 0.849. The molecular formula is C14H20N2O3. The highest BCUT2D eigenvalue weighted by Crippen LogP contribution is 2.13. The van der Waals surface area contributed by atoms with Crippen LogP contribution in [0.25, 0.3) is 0 Å². The molecule has 104 valence electrons. The van der Waals surface area contributed by atoms with Gasteiger partial charge in [0.2, 0.25) is 5.91 Å². The Bertz CT molecular complexity index is 466. The van der Waals surface area contributed by atoms with Crippen molar-refractivity contribution in [2.75, 3.05) is 18.9 Å². The Labute approximate surface area is 113 Å². The highest BCUT2D eigenvalue weighted by Gasteiger charge is 2.32. The molecule has 0 saturated heterocycles. The van der Waals surface area contributed by atoms with E-state index in [1.54, 1.807) is 20.9 Å². The van der Waals surface area contributed by atoms with E-state index < -0.39 is 11.5 Å². The van der Waals surface area contributed by atoms with E-state index in [9.17, 15) is 9.59 Å². The normalized spacial score (nSPS) is 11.4. The SMILES string of the molecule is Cc1ccc(NC(=O)CN(C)C(C)(C)C(=O)O)cc1. The number of nitrogens with one attached hydrogen (secondary N) is 1. The Morgan fingerprint density at radius 2 is 1.79 bits per heavy atom. The first kappa shape index (κ1) is 15.2. The molecule has 0 spiro atoms. The van der Waals surface area contributed by atoms with Crippen molar-refractivity contribution in [2.24, 2.45) is 0 Å². The summed E-state index contributed by atoms with van der Waals surface area (Å²) < 4.78 is 0. The van der Waals surface area contributed by atoms with Crippen molar-refractivity contribution < 1.29 is 14.7 Å². The molecule has 0 aliphatic carbocycles. The summed E-state index contributed by atoms with van der Waals surface area (Å²) in [6, 6.07) is 7.44. The van der Waals surface area contributed by atoms with Crippen LogP contribution in [-0.2, 0) is 9.59 Å². The number of carboxylic acid groups (broad SMARTS) is 1. The maximum atomic E-state index is 11.8. The molecule has 0 aliphatic heterocycles. The van der Waals surface area contributed by atoms with Crippen molar-refractivity contribution in [1.29, 1.82) is 0 Å². The van der Waals surface area contributed by atoms with Gasteiger partial charge in [-0.2, -0.15) is 0 Å². The van der Waals surface area contributed by atoms with Crippen molar-refractivity contribution in [2.45, 2.75) is 26.3 Å². The van der Waals surface area contributed by atoms with Crippen LogP contribution in [0, 0.1) is 6.92 Å². The fourth-order valence-electron chi connectivity index (χ4n) is 1.41. The number of hydrogen-bond donors (Lipinski definition) is 2. The Morgan fingerprint density at radius 1 is 1.26 bits per heavy atom. The van der Waals surface area contributed by atoms with E-state index in [0.717, 1.165) is 5.56 Å². The molecule has 0 radical (unpaired) electrons. The zero-order chi connectivity index (χ0) is 14.6. The fraction of sp³-hybridized carbons (Fsp3) is 0.429. The number of carboxylic acids is 1. The molecule has 0 saturated carbocycles. The molecule has 0 unspecified atom stereocenters. The largest absolute Gasteiger partial charge is 0.480 e. The van der Waals surface area contributed by atoms with Crippen LogP contribution in [-0.4, -0.2) is 41.0 Å². The van der Waals surface area contributed by atoms with Gasteiger partial charge in [0.15, 0.2) is 0 Å². The molecule has 1 rings (SSSR count). The van der Waals surface area contributed by atoms with Crippen molar-refractivity contribution >= 4 is 17.6 Å².